The van der Waals surface area contributed by atoms with E-state index in [1.54, 1.807) is 19.9 Å². The van der Waals surface area contributed by atoms with Gasteiger partial charge in [-0.15, -0.1) is 0 Å². The van der Waals surface area contributed by atoms with Crippen LogP contribution in [0.15, 0.2) is 68.7 Å². The van der Waals surface area contributed by atoms with Crippen LogP contribution in [-0.4, -0.2) is 109 Å². The average molecular weight is 834 g/mol. The molecule has 0 unspecified atom stereocenters. The van der Waals surface area contributed by atoms with Crippen molar-refractivity contribution in [2.24, 2.45) is 22.7 Å². The highest BCUT2D eigenvalue weighted by Gasteiger charge is 2.76. The minimum atomic E-state index is -4.25. The number of aliphatic hydroxyl groups excluding tert-OH is 2. The number of aromatic nitrogens is 2. The fraction of sp³-hybridized carbons (Fsp3) is 0.590. The Morgan fingerprint density at radius 3 is 2.41 bits per heavy atom. The number of carbonyl (C=O) groups is 4. The van der Waals surface area contributed by atoms with Crippen molar-refractivity contribution >= 4 is 33.3 Å². The van der Waals surface area contributed by atoms with E-state index in [1.165, 1.54) is 42.5 Å². The van der Waals surface area contributed by atoms with Crippen molar-refractivity contribution < 1.29 is 71.0 Å². The van der Waals surface area contributed by atoms with Gasteiger partial charge in [0.05, 0.1) is 22.3 Å². The first kappa shape index (κ1) is 43.0. The van der Waals surface area contributed by atoms with Gasteiger partial charge in [-0.05, 0) is 80.6 Å². The molecule has 1 aromatic carbocycles. The molecule has 58 heavy (non-hydrogen) atoms. The number of allylic oxidation sites excluding steroid dienone is 4. The number of benzene rings is 1. The molecule has 0 amide bonds. The molecular weight excluding hydrogens is 786 g/mol. The maximum atomic E-state index is 17.3. The number of Topliss-reactive ketones (excluding diaryl/α,β-unsaturated/α-hetero) is 1. The fourth-order valence-corrected chi connectivity index (χ4v) is 10.8. The lowest BCUT2D eigenvalue weighted by atomic mass is 9.44. The molecule has 3 saturated carbocycles. The van der Waals surface area contributed by atoms with Gasteiger partial charge in [-0.3, -0.25) is 23.8 Å². The van der Waals surface area contributed by atoms with E-state index in [0.29, 0.717) is 12.0 Å². The van der Waals surface area contributed by atoms with E-state index in [9.17, 15) is 48.1 Å². The number of hydrogen-bond acceptors (Lipinski definition) is 16. The fourth-order valence-electron chi connectivity index (χ4n) is 9.49. The number of ketones is 2. The Kier molecular flexibility index (Phi) is 12.3. The van der Waals surface area contributed by atoms with Crippen LogP contribution >= 0.6 is 0 Å². The van der Waals surface area contributed by atoms with E-state index in [1.807, 2.05) is 0 Å². The number of nitrogens with zero attached hydrogens (tertiary/aromatic N) is 2. The summed E-state index contributed by atoms with van der Waals surface area (Å²) in [4.78, 5) is 49.9. The van der Waals surface area contributed by atoms with Crippen LogP contribution in [-0.2, 0) is 38.5 Å². The number of sulfone groups is 1. The lowest BCUT2D eigenvalue weighted by Crippen LogP contribution is -2.69. The lowest BCUT2D eigenvalue weighted by Gasteiger charge is -2.62. The molecule has 4 aliphatic rings. The molecule has 19 heteroatoms. The summed E-state index contributed by atoms with van der Waals surface area (Å²) < 4.78 is 63.0. The van der Waals surface area contributed by atoms with E-state index < -0.39 is 91.2 Å². The minimum Gasteiger partial charge on any atom is -0.464 e. The van der Waals surface area contributed by atoms with Gasteiger partial charge in [-0.25, -0.2) is 12.8 Å². The van der Waals surface area contributed by atoms with Crippen LogP contribution in [0, 0.1) is 27.9 Å². The summed E-state index contributed by atoms with van der Waals surface area (Å²) in [5, 5.41) is 51.9. The van der Waals surface area contributed by atoms with Crippen LogP contribution < -0.4 is 15.0 Å². The molecule has 0 radical (unpaired) electrons. The zero-order valence-electron chi connectivity index (χ0n) is 32.1. The summed E-state index contributed by atoms with van der Waals surface area (Å²) in [6.45, 7) is 2.64. The Morgan fingerprint density at radius 1 is 1.03 bits per heavy atom. The Hall–Kier alpha value is -4.56. The average Bonchev–Trinajstić information content (AvgIpc) is 3.66. The molecule has 2 aromatic rings. The third kappa shape index (κ3) is 7.46. The number of carbonyl (C=O) groups excluding carboxylic acids is 4. The van der Waals surface area contributed by atoms with E-state index >= 15 is 4.39 Å². The van der Waals surface area contributed by atoms with Crippen molar-refractivity contribution in [2.75, 3.05) is 32.9 Å². The second-order valence-electron chi connectivity index (χ2n) is 15.7. The number of aliphatic hydroxyl groups is 3. The number of ether oxygens (including phenoxy) is 3. The van der Waals surface area contributed by atoms with Gasteiger partial charge in [0.25, 0.3) is 9.84 Å². The summed E-state index contributed by atoms with van der Waals surface area (Å²) in [5.74, 6) is -4.55. The SMILES string of the molecule is C[C@]12C=CC(=O)C=C1CC[C@H]1[C@@H]3C[C@@H](O)[C@](O)(C(=O)COC(=O)CCCCC(=O)OCCNCCOc4no[n+]([O-])c4S(=O)(=O)c4ccccc4)[C@@]3(C)C[C@H](O)[C@@]12F. The van der Waals surface area contributed by atoms with Crippen LogP contribution in [0.3, 0.4) is 0 Å². The molecule has 0 bridgehead atoms. The highest BCUT2D eigenvalue weighted by Crippen LogP contribution is 2.69. The topological polar surface area (TPSA) is 256 Å². The summed E-state index contributed by atoms with van der Waals surface area (Å²) in [6.07, 6.45) is 1.44. The van der Waals surface area contributed by atoms with Crippen LogP contribution in [0.25, 0.3) is 0 Å². The lowest BCUT2D eigenvalue weighted by molar-refractivity contribution is -0.832. The Labute approximate surface area is 333 Å². The van der Waals surface area contributed by atoms with Crippen molar-refractivity contribution in [3.63, 3.8) is 0 Å². The van der Waals surface area contributed by atoms with Crippen molar-refractivity contribution in [1.82, 2.24) is 10.5 Å². The first-order valence-corrected chi connectivity index (χ1v) is 20.7. The van der Waals surface area contributed by atoms with Crippen molar-refractivity contribution in [1.29, 1.82) is 0 Å². The van der Waals surface area contributed by atoms with Crippen molar-refractivity contribution in [3.05, 3.63) is 59.3 Å². The van der Waals surface area contributed by atoms with Crippen LogP contribution in [0.4, 0.5) is 4.39 Å². The van der Waals surface area contributed by atoms with Gasteiger partial charge in [0.1, 0.15) is 13.2 Å². The number of hydrogen-bond donors (Lipinski definition) is 4. The zero-order valence-corrected chi connectivity index (χ0v) is 33.0. The highest BCUT2D eigenvalue weighted by molar-refractivity contribution is 7.91. The molecule has 8 atom stereocenters. The smallest absolute Gasteiger partial charge is 0.415 e. The van der Waals surface area contributed by atoms with Gasteiger partial charge in [0.15, 0.2) is 23.7 Å². The molecule has 0 saturated heterocycles. The number of esters is 2. The zero-order chi connectivity index (χ0) is 42.1. The molecule has 6 rings (SSSR count). The highest BCUT2D eigenvalue weighted by atomic mass is 32.2. The number of rotatable bonds is 17. The van der Waals surface area contributed by atoms with E-state index in [0.717, 1.165) is 0 Å². The maximum Gasteiger partial charge on any atom is 0.415 e. The van der Waals surface area contributed by atoms with Crippen molar-refractivity contribution in [2.45, 2.75) is 98.6 Å². The van der Waals surface area contributed by atoms with Gasteiger partial charge >= 0.3 is 22.8 Å². The van der Waals surface area contributed by atoms with Crippen LogP contribution in [0.2, 0.25) is 0 Å². The molecule has 4 aliphatic carbocycles. The quantitative estimate of drug-likeness (QED) is 0.0998. The third-order valence-electron chi connectivity index (χ3n) is 12.6. The third-order valence-corrected chi connectivity index (χ3v) is 14.3. The molecule has 0 aliphatic heterocycles. The molecule has 1 heterocycles. The molecule has 4 N–H and O–H groups in total. The van der Waals surface area contributed by atoms with Gasteiger partial charge in [-0.1, -0.05) is 36.8 Å². The number of halogens is 1. The van der Waals surface area contributed by atoms with E-state index in [4.69, 9.17) is 14.2 Å². The second kappa shape index (κ2) is 16.6. The molecule has 1 aromatic heterocycles. The first-order chi connectivity index (χ1) is 27.4. The normalized spacial score (nSPS) is 31.4. The number of unbranched alkanes of at least 4 members (excludes halogenated alkanes) is 1. The maximum absolute atomic E-state index is 17.3. The van der Waals surface area contributed by atoms with E-state index in [2.05, 4.69) is 15.1 Å². The van der Waals surface area contributed by atoms with Crippen molar-refractivity contribution in [3.8, 4) is 5.88 Å². The van der Waals surface area contributed by atoms with Gasteiger partial charge in [0.2, 0.25) is 5.78 Å². The molecule has 316 valence electrons. The van der Waals surface area contributed by atoms with Gasteiger partial charge in [0, 0.05) is 42.7 Å². The first-order valence-electron chi connectivity index (χ1n) is 19.2. The number of nitrogens with one attached hydrogen (secondary N) is 1. The minimum absolute atomic E-state index is 0.00473. The van der Waals surface area contributed by atoms with Gasteiger partial charge in [-0.2, -0.15) is 0 Å². The molecule has 0 spiro atoms. The Balaban J connectivity index is 0.884. The predicted octanol–water partition coefficient (Wildman–Crippen LogP) is 1.40. The molecule has 3 fully saturated rings. The standard InChI is InChI=1S/C39H48FN3O14S/c1-36-15-14-25(44)20-24(36)12-13-27-28-21-29(45)39(50,37(28,2)22-30(46)38(27,36)40)31(47)23-56-33(49)11-7-6-10-32(48)54-18-16-41-17-19-55-34-35(43(51)57-42-34)58(52,53)26-8-4-3-5-9-26/h3-5,8-9,14-15,20,27-30,41,45-46,50H,6-7,10-13,16-19,21-23H2,1-2H3/t27-,28-,29+,30-,36-,37-,38-,39-/m0/s1. The number of alkyl halides is 1. The van der Waals surface area contributed by atoms with Crippen LogP contribution in [0.1, 0.15) is 65.2 Å². The molecular formula is C39H48FN3O14S. The number of fused-ring (bicyclic) bond motifs is 5. The summed E-state index contributed by atoms with van der Waals surface area (Å²) in [5.41, 5.74) is -6.78. The summed E-state index contributed by atoms with van der Waals surface area (Å²) in [6, 6.07) is 7.24. The predicted molar refractivity (Wildman–Crippen MR) is 196 cm³/mol. The largest absolute Gasteiger partial charge is 0.464 e. The summed E-state index contributed by atoms with van der Waals surface area (Å²) >= 11 is 0. The van der Waals surface area contributed by atoms with E-state index in [-0.39, 0.29) is 86.8 Å². The Bertz CT molecular complexity index is 2080. The summed E-state index contributed by atoms with van der Waals surface area (Å²) in [7, 11) is -4.25. The molecule has 17 nitrogen and oxygen atoms in total. The van der Waals surface area contributed by atoms with Gasteiger partial charge < -0.3 is 40.1 Å². The van der Waals surface area contributed by atoms with Crippen LogP contribution in [0.5, 0.6) is 5.88 Å². The second-order valence-corrected chi connectivity index (χ2v) is 17.6. The monoisotopic (exact) mass is 833 g/mol. The Morgan fingerprint density at radius 2 is 1.71 bits per heavy atom.